The first-order valence-corrected chi connectivity index (χ1v) is 13.0. The Morgan fingerprint density at radius 2 is 1.77 bits per heavy atom. The van der Waals surface area contributed by atoms with Crippen LogP contribution in [0, 0.1) is 11.6 Å². The van der Waals surface area contributed by atoms with Gasteiger partial charge in [0.25, 0.3) is 0 Å². The van der Waals surface area contributed by atoms with Crippen LogP contribution in [-0.4, -0.2) is 28.3 Å². The van der Waals surface area contributed by atoms with Crippen LogP contribution in [0.15, 0.2) is 42.7 Å². The van der Waals surface area contributed by atoms with E-state index < -0.39 is 40.7 Å². The van der Waals surface area contributed by atoms with Gasteiger partial charge in [-0.15, -0.1) is 0 Å². The third kappa shape index (κ3) is 5.59. The highest BCUT2D eigenvalue weighted by molar-refractivity contribution is 6.04. The van der Waals surface area contributed by atoms with Crippen molar-refractivity contribution in [3.63, 3.8) is 0 Å². The van der Waals surface area contributed by atoms with Crippen molar-refractivity contribution in [2.75, 3.05) is 11.9 Å². The van der Waals surface area contributed by atoms with E-state index in [1.807, 2.05) is 20.8 Å². The molecule has 40 heavy (non-hydrogen) atoms. The van der Waals surface area contributed by atoms with Crippen molar-refractivity contribution >= 4 is 17.6 Å². The first-order chi connectivity index (χ1) is 18.7. The molecule has 0 unspecified atom stereocenters. The Morgan fingerprint density at radius 3 is 2.35 bits per heavy atom. The Balaban J connectivity index is 1.68. The van der Waals surface area contributed by atoms with Gasteiger partial charge in [0.15, 0.2) is 0 Å². The van der Waals surface area contributed by atoms with Gasteiger partial charge in [0.05, 0.1) is 34.9 Å². The van der Waals surface area contributed by atoms with E-state index in [9.17, 15) is 27.2 Å². The van der Waals surface area contributed by atoms with Crippen LogP contribution >= 0.6 is 0 Å². The number of hydrogen-bond donors (Lipinski definition) is 1. The maximum atomic E-state index is 15.6. The van der Waals surface area contributed by atoms with E-state index in [2.05, 4.69) is 10.4 Å². The molecule has 0 aliphatic heterocycles. The van der Waals surface area contributed by atoms with Crippen molar-refractivity contribution in [2.24, 2.45) is 0 Å². The average Bonchev–Trinajstić information content (AvgIpc) is 3.52. The molecule has 0 bridgehead atoms. The smallest absolute Gasteiger partial charge is 0.416 e. The minimum Gasteiger partial charge on any atom is -0.462 e. The molecule has 0 radical (unpaired) electrons. The molecular weight excluding hydrogens is 533 g/mol. The monoisotopic (exact) mass is 563 g/mol. The molecule has 1 aromatic heterocycles. The Morgan fingerprint density at radius 1 is 1.07 bits per heavy atom. The Hall–Kier alpha value is -3.76. The minimum absolute atomic E-state index is 0.0234. The van der Waals surface area contributed by atoms with Crippen molar-refractivity contribution in [1.82, 2.24) is 9.78 Å². The fourth-order valence-corrected chi connectivity index (χ4v) is 4.93. The highest BCUT2D eigenvalue weighted by Gasteiger charge is 2.53. The lowest BCUT2D eigenvalue weighted by Crippen LogP contribution is -2.29. The standard InChI is InChI=1S/C29H30F5N3O3/c1-5-9-27(3,4)37-16-17(15-35-37)24-20(25(38)40-6-2)13-19(14-23(24)31)36-26(39)28(10-11-28)21-8-7-18(12-22(21)30)29(32,33)34/h7-8,12-16H,5-6,9-11H2,1-4H3,(H,36,39). The van der Waals surface area contributed by atoms with E-state index in [1.165, 1.54) is 12.3 Å². The minimum atomic E-state index is -4.73. The van der Waals surface area contributed by atoms with Crippen LogP contribution < -0.4 is 5.32 Å². The molecule has 1 saturated carbocycles. The van der Waals surface area contributed by atoms with E-state index in [1.54, 1.807) is 17.8 Å². The number of amides is 1. The Bertz CT molecular complexity index is 1440. The second kappa shape index (κ2) is 10.7. The summed E-state index contributed by atoms with van der Waals surface area (Å²) in [6, 6.07) is 4.33. The molecular formula is C29H30F5N3O3. The normalized spacial score (nSPS) is 14.6. The maximum absolute atomic E-state index is 15.6. The quantitative estimate of drug-likeness (QED) is 0.220. The second-order valence-corrected chi connectivity index (χ2v) is 10.6. The molecule has 1 N–H and O–H groups in total. The number of alkyl halides is 3. The predicted octanol–water partition coefficient (Wildman–Crippen LogP) is 7.23. The zero-order valence-corrected chi connectivity index (χ0v) is 22.6. The van der Waals surface area contributed by atoms with Crippen molar-refractivity contribution in [3.05, 3.63) is 71.1 Å². The Labute approximate surface area is 228 Å². The van der Waals surface area contributed by atoms with Crippen LogP contribution in [0.3, 0.4) is 0 Å². The number of hydrogen-bond acceptors (Lipinski definition) is 4. The molecule has 1 amide bonds. The molecule has 1 heterocycles. The summed E-state index contributed by atoms with van der Waals surface area (Å²) in [6.45, 7) is 7.63. The van der Waals surface area contributed by atoms with Gasteiger partial charge in [-0.1, -0.05) is 19.4 Å². The number of carbonyl (C=O) groups excluding carboxylic acids is 2. The number of nitrogens with zero attached hydrogens (tertiary/aromatic N) is 2. The summed E-state index contributed by atoms with van der Waals surface area (Å²) in [5.74, 6) is -3.51. The average molecular weight is 564 g/mol. The summed E-state index contributed by atoms with van der Waals surface area (Å²) < 4.78 is 76.1. The lowest BCUT2D eigenvalue weighted by atomic mass is 9.93. The van der Waals surface area contributed by atoms with Crippen LogP contribution in [0.25, 0.3) is 11.1 Å². The summed E-state index contributed by atoms with van der Waals surface area (Å²) in [5, 5.41) is 6.89. The molecule has 214 valence electrons. The number of carbonyl (C=O) groups is 2. The Kier molecular flexibility index (Phi) is 7.79. The van der Waals surface area contributed by atoms with E-state index in [0.29, 0.717) is 11.6 Å². The molecule has 6 nitrogen and oxygen atoms in total. The van der Waals surface area contributed by atoms with Gasteiger partial charge in [-0.3, -0.25) is 9.48 Å². The fraction of sp³-hybridized carbons (Fsp3) is 0.414. The molecule has 4 rings (SSSR count). The van der Waals surface area contributed by atoms with Crippen LogP contribution in [0.2, 0.25) is 0 Å². The number of aromatic nitrogens is 2. The molecule has 3 aromatic rings. The van der Waals surface area contributed by atoms with Gasteiger partial charge in [-0.25, -0.2) is 13.6 Å². The lowest BCUT2D eigenvalue weighted by Gasteiger charge is -2.24. The number of benzene rings is 2. The number of esters is 1. The fourth-order valence-electron chi connectivity index (χ4n) is 4.93. The molecule has 0 saturated heterocycles. The molecule has 1 aliphatic rings. The van der Waals surface area contributed by atoms with Crippen molar-refractivity contribution < 1.29 is 36.3 Å². The SMILES string of the molecule is CCCC(C)(C)n1cc(-c2c(F)cc(NC(=O)C3(c4ccc(C(F)(F)F)cc4F)CC3)cc2C(=O)OCC)cn1. The summed E-state index contributed by atoms with van der Waals surface area (Å²) in [7, 11) is 0. The largest absolute Gasteiger partial charge is 0.462 e. The third-order valence-corrected chi connectivity index (χ3v) is 7.19. The zero-order chi connectivity index (χ0) is 29.5. The summed E-state index contributed by atoms with van der Waals surface area (Å²) in [4.78, 5) is 26.1. The van der Waals surface area contributed by atoms with Gasteiger partial charge in [-0.05, 0) is 64.3 Å². The lowest BCUT2D eigenvalue weighted by molar-refractivity contribution is -0.137. The van der Waals surface area contributed by atoms with Gasteiger partial charge >= 0.3 is 12.1 Å². The molecule has 1 aliphatic carbocycles. The maximum Gasteiger partial charge on any atom is 0.416 e. The predicted molar refractivity (Wildman–Crippen MR) is 139 cm³/mol. The van der Waals surface area contributed by atoms with Gasteiger partial charge in [0.1, 0.15) is 11.6 Å². The van der Waals surface area contributed by atoms with Gasteiger partial charge in [0.2, 0.25) is 5.91 Å². The first-order valence-electron chi connectivity index (χ1n) is 13.0. The van der Waals surface area contributed by atoms with Crippen LogP contribution in [-0.2, 0) is 26.7 Å². The summed E-state index contributed by atoms with van der Waals surface area (Å²) in [6.07, 6.45) is 0.455. The highest BCUT2D eigenvalue weighted by atomic mass is 19.4. The van der Waals surface area contributed by atoms with E-state index in [-0.39, 0.29) is 47.4 Å². The molecule has 1 fully saturated rings. The van der Waals surface area contributed by atoms with Crippen LogP contribution in [0.5, 0.6) is 0 Å². The first kappa shape index (κ1) is 29.2. The molecule has 0 spiro atoms. The number of anilines is 1. The molecule has 0 atom stereocenters. The third-order valence-electron chi connectivity index (χ3n) is 7.19. The van der Waals surface area contributed by atoms with Crippen molar-refractivity contribution in [3.8, 4) is 11.1 Å². The number of rotatable bonds is 9. The van der Waals surface area contributed by atoms with E-state index >= 15 is 4.39 Å². The van der Waals surface area contributed by atoms with E-state index in [4.69, 9.17) is 4.74 Å². The highest BCUT2D eigenvalue weighted by Crippen LogP contribution is 2.50. The van der Waals surface area contributed by atoms with Gasteiger partial charge < -0.3 is 10.1 Å². The van der Waals surface area contributed by atoms with Crippen LogP contribution in [0.1, 0.15) is 74.9 Å². The number of nitrogens with one attached hydrogen (secondary N) is 1. The topological polar surface area (TPSA) is 73.2 Å². The second-order valence-electron chi connectivity index (χ2n) is 10.6. The van der Waals surface area contributed by atoms with Crippen molar-refractivity contribution in [2.45, 2.75) is 70.5 Å². The van der Waals surface area contributed by atoms with E-state index in [0.717, 1.165) is 31.0 Å². The van der Waals surface area contributed by atoms with Gasteiger partial charge in [0, 0.05) is 28.6 Å². The number of ether oxygens (including phenoxy) is 1. The summed E-state index contributed by atoms with van der Waals surface area (Å²) in [5.41, 5.74) is -3.03. The van der Waals surface area contributed by atoms with Crippen molar-refractivity contribution in [1.29, 1.82) is 0 Å². The van der Waals surface area contributed by atoms with Crippen LogP contribution in [0.4, 0.5) is 27.6 Å². The molecule has 11 heteroatoms. The van der Waals surface area contributed by atoms with Gasteiger partial charge in [-0.2, -0.15) is 18.3 Å². The summed E-state index contributed by atoms with van der Waals surface area (Å²) >= 11 is 0. The zero-order valence-electron chi connectivity index (χ0n) is 22.6. The molecule has 2 aromatic carbocycles. The number of halogens is 5.